The number of ether oxygens (including phenoxy) is 1. The van der Waals surface area contributed by atoms with Gasteiger partial charge in [-0.05, 0) is 61.7 Å². The van der Waals surface area contributed by atoms with Crippen molar-refractivity contribution in [2.24, 2.45) is 0 Å². The first-order chi connectivity index (χ1) is 16.2. The lowest BCUT2D eigenvalue weighted by Gasteiger charge is -2.22. The summed E-state index contributed by atoms with van der Waals surface area (Å²) < 4.78 is 10.8. The fourth-order valence-corrected chi connectivity index (χ4v) is 5.21. The number of amides is 1. The van der Waals surface area contributed by atoms with Crippen LogP contribution in [0.1, 0.15) is 54.2 Å². The van der Waals surface area contributed by atoms with Crippen molar-refractivity contribution in [3.05, 3.63) is 85.2 Å². The van der Waals surface area contributed by atoms with Gasteiger partial charge in [-0.2, -0.15) is 0 Å². The Balaban J connectivity index is 1.80. The van der Waals surface area contributed by atoms with Crippen LogP contribution in [0.5, 0.6) is 5.75 Å². The second-order valence-corrected chi connectivity index (χ2v) is 9.16. The van der Waals surface area contributed by atoms with Gasteiger partial charge in [0.25, 0.3) is 5.91 Å². The molecule has 4 aromatic rings. The fraction of sp³-hybridized carbons (Fsp3) is 0.200. The SMILES string of the molecule is COC(=O)c1sc(N2C(=O)c3oc4cc(C)c(C)cc4c(=O)c3C2c2cccc(O)c2)nc1C. The molecule has 3 heterocycles. The van der Waals surface area contributed by atoms with E-state index in [0.717, 1.165) is 22.5 Å². The summed E-state index contributed by atoms with van der Waals surface area (Å²) in [7, 11) is 1.27. The highest BCUT2D eigenvalue weighted by atomic mass is 32.1. The minimum Gasteiger partial charge on any atom is -0.508 e. The number of methoxy groups -OCH3 is 1. The monoisotopic (exact) mass is 476 g/mol. The summed E-state index contributed by atoms with van der Waals surface area (Å²) >= 11 is 0.995. The zero-order valence-electron chi connectivity index (χ0n) is 18.8. The molecule has 0 saturated carbocycles. The molecule has 0 bridgehead atoms. The van der Waals surface area contributed by atoms with Crippen molar-refractivity contribution in [2.75, 3.05) is 12.0 Å². The van der Waals surface area contributed by atoms with Crippen molar-refractivity contribution in [3.63, 3.8) is 0 Å². The number of hydrogen-bond acceptors (Lipinski definition) is 8. The number of carbonyl (C=O) groups is 2. The number of aromatic nitrogens is 1. The van der Waals surface area contributed by atoms with E-state index in [1.165, 1.54) is 24.1 Å². The van der Waals surface area contributed by atoms with E-state index in [-0.39, 0.29) is 32.5 Å². The number of carbonyl (C=O) groups excluding carboxylic acids is 2. The van der Waals surface area contributed by atoms with Crippen LogP contribution in [0.2, 0.25) is 0 Å². The van der Waals surface area contributed by atoms with E-state index in [0.29, 0.717) is 22.2 Å². The van der Waals surface area contributed by atoms with Crippen molar-refractivity contribution < 1.29 is 23.8 Å². The molecule has 0 aliphatic carbocycles. The van der Waals surface area contributed by atoms with E-state index in [9.17, 15) is 19.5 Å². The Bertz CT molecular complexity index is 1570. The van der Waals surface area contributed by atoms with Crippen molar-refractivity contribution in [2.45, 2.75) is 26.8 Å². The normalized spacial score (nSPS) is 15.1. The van der Waals surface area contributed by atoms with Gasteiger partial charge in [-0.15, -0.1) is 0 Å². The molecule has 34 heavy (non-hydrogen) atoms. The van der Waals surface area contributed by atoms with Gasteiger partial charge >= 0.3 is 5.97 Å². The highest BCUT2D eigenvalue weighted by Crippen LogP contribution is 2.43. The quantitative estimate of drug-likeness (QED) is 0.436. The van der Waals surface area contributed by atoms with Gasteiger partial charge in [-0.3, -0.25) is 14.5 Å². The van der Waals surface area contributed by atoms with E-state index in [1.54, 1.807) is 31.2 Å². The molecular formula is C25H20N2O6S. The second kappa shape index (κ2) is 7.81. The Morgan fingerprint density at radius 3 is 2.59 bits per heavy atom. The summed E-state index contributed by atoms with van der Waals surface area (Å²) in [6, 6.07) is 8.95. The molecule has 1 atom stereocenters. The fourth-order valence-electron chi connectivity index (χ4n) is 4.20. The summed E-state index contributed by atoms with van der Waals surface area (Å²) in [6.45, 7) is 5.45. The molecule has 5 rings (SSSR count). The largest absolute Gasteiger partial charge is 0.508 e. The van der Waals surface area contributed by atoms with Gasteiger partial charge in [0.05, 0.1) is 29.8 Å². The number of thiazole rings is 1. The van der Waals surface area contributed by atoms with Gasteiger partial charge in [0.2, 0.25) is 5.76 Å². The topological polar surface area (TPSA) is 110 Å². The lowest BCUT2D eigenvalue weighted by molar-refractivity contribution is 0.0605. The summed E-state index contributed by atoms with van der Waals surface area (Å²) in [4.78, 5) is 45.6. The Kier molecular flexibility index (Phi) is 5.02. The van der Waals surface area contributed by atoms with Gasteiger partial charge in [0.15, 0.2) is 10.6 Å². The minimum atomic E-state index is -0.895. The Morgan fingerprint density at radius 1 is 1.15 bits per heavy atom. The molecule has 1 unspecified atom stereocenters. The minimum absolute atomic E-state index is 0.0134. The summed E-state index contributed by atoms with van der Waals surface area (Å²) in [6.07, 6.45) is 0. The van der Waals surface area contributed by atoms with Crippen molar-refractivity contribution in [3.8, 4) is 5.75 Å². The number of fused-ring (bicyclic) bond motifs is 2. The molecule has 2 aromatic carbocycles. The zero-order valence-corrected chi connectivity index (χ0v) is 19.6. The molecule has 0 fully saturated rings. The summed E-state index contributed by atoms with van der Waals surface area (Å²) in [5.74, 6) is -1.21. The lowest BCUT2D eigenvalue weighted by Crippen LogP contribution is -2.29. The number of benzene rings is 2. The number of rotatable bonds is 3. The van der Waals surface area contributed by atoms with E-state index in [2.05, 4.69) is 4.98 Å². The number of aromatic hydroxyl groups is 1. The molecular weight excluding hydrogens is 456 g/mol. The first kappa shape index (κ1) is 21.8. The number of aryl methyl sites for hydroxylation is 3. The van der Waals surface area contributed by atoms with E-state index < -0.39 is 17.9 Å². The van der Waals surface area contributed by atoms with Crippen LogP contribution in [0.15, 0.2) is 45.6 Å². The Labute approximate surface area is 198 Å². The highest BCUT2D eigenvalue weighted by molar-refractivity contribution is 7.17. The van der Waals surface area contributed by atoms with Crippen LogP contribution in [-0.4, -0.2) is 29.1 Å². The molecule has 1 aliphatic heterocycles. The van der Waals surface area contributed by atoms with E-state index in [4.69, 9.17) is 9.15 Å². The molecule has 1 aliphatic rings. The zero-order chi connectivity index (χ0) is 24.3. The Hall–Kier alpha value is -3.98. The molecule has 0 radical (unpaired) electrons. The van der Waals surface area contributed by atoms with Gasteiger partial charge in [-0.25, -0.2) is 9.78 Å². The predicted molar refractivity (Wildman–Crippen MR) is 127 cm³/mol. The smallest absolute Gasteiger partial charge is 0.350 e. The number of hydrogen-bond donors (Lipinski definition) is 1. The van der Waals surface area contributed by atoms with Crippen molar-refractivity contribution in [1.29, 1.82) is 0 Å². The number of nitrogens with zero attached hydrogens (tertiary/aromatic N) is 2. The summed E-state index contributed by atoms with van der Waals surface area (Å²) in [5.41, 5.74) is 2.93. The van der Waals surface area contributed by atoms with Crippen LogP contribution >= 0.6 is 11.3 Å². The van der Waals surface area contributed by atoms with Crippen LogP contribution in [0.3, 0.4) is 0 Å². The average molecular weight is 477 g/mol. The van der Waals surface area contributed by atoms with Crippen LogP contribution in [-0.2, 0) is 4.74 Å². The third-order valence-corrected chi connectivity index (χ3v) is 7.17. The van der Waals surface area contributed by atoms with Gasteiger partial charge in [0, 0.05) is 0 Å². The molecule has 8 nitrogen and oxygen atoms in total. The maximum Gasteiger partial charge on any atom is 0.350 e. The molecule has 9 heteroatoms. The molecule has 1 amide bonds. The maximum absolute atomic E-state index is 13.7. The Morgan fingerprint density at radius 2 is 1.88 bits per heavy atom. The van der Waals surface area contributed by atoms with Crippen molar-refractivity contribution >= 4 is 39.3 Å². The van der Waals surface area contributed by atoms with Crippen molar-refractivity contribution in [1.82, 2.24) is 4.98 Å². The van der Waals surface area contributed by atoms with Gasteiger partial charge in [-0.1, -0.05) is 23.5 Å². The number of esters is 1. The third kappa shape index (κ3) is 3.19. The van der Waals surface area contributed by atoms with Crippen LogP contribution in [0, 0.1) is 20.8 Å². The van der Waals surface area contributed by atoms with Crippen LogP contribution in [0.4, 0.5) is 5.13 Å². The van der Waals surface area contributed by atoms with E-state index in [1.807, 2.05) is 13.8 Å². The molecule has 0 saturated heterocycles. The lowest BCUT2D eigenvalue weighted by atomic mass is 9.97. The second-order valence-electron chi connectivity index (χ2n) is 8.18. The molecule has 0 spiro atoms. The molecule has 1 N–H and O–H groups in total. The van der Waals surface area contributed by atoms with E-state index >= 15 is 0 Å². The van der Waals surface area contributed by atoms with Crippen LogP contribution in [0.25, 0.3) is 11.0 Å². The third-order valence-electron chi connectivity index (χ3n) is 6.03. The maximum atomic E-state index is 13.7. The van der Waals surface area contributed by atoms with Gasteiger partial charge in [0.1, 0.15) is 16.2 Å². The van der Waals surface area contributed by atoms with Crippen LogP contribution < -0.4 is 10.3 Å². The number of phenolic OH excluding ortho intramolecular Hbond substituents is 1. The predicted octanol–water partition coefficient (Wildman–Crippen LogP) is 4.42. The first-order valence-electron chi connectivity index (χ1n) is 10.5. The summed E-state index contributed by atoms with van der Waals surface area (Å²) in [5, 5.41) is 10.7. The first-order valence-corrected chi connectivity index (χ1v) is 11.3. The van der Waals surface area contributed by atoms with Gasteiger partial charge < -0.3 is 14.3 Å². The number of phenols is 1. The standard InChI is InChI=1S/C25H20N2O6S/c1-11-8-16-17(9-12(11)2)33-21-18(20(16)29)19(14-6-5-7-15(28)10-14)27(23(21)30)25-26-13(3)22(34-25)24(31)32-4/h5-10,19,28H,1-4H3. The number of anilines is 1. The molecule has 172 valence electrons. The molecule has 2 aromatic heterocycles. The highest BCUT2D eigenvalue weighted by Gasteiger charge is 2.45. The average Bonchev–Trinajstić information content (AvgIpc) is 3.32.